The number of amides is 1. The van der Waals surface area contributed by atoms with Gasteiger partial charge in [0.25, 0.3) is 5.69 Å². The summed E-state index contributed by atoms with van der Waals surface area (Å²) in [6.07, 6.45) is 0.183. The Kier molecular flexibility index (Phi) is 7.29. The Morgan fingerprint density at radius 3 is 2.54 bits per heavy atom. The highest BCUT2D eigenvalue weighted by atomic mass is 16.6. The molecule has 2 N–H and O–H groups in total. The van der Waals surface area contributed by atoms with Crippen molar-refractivity contribution in [1.82, 2.24) is 5.32 Å². The first-order valence-corrected chi connectivity index (χ1v) is 7.84. The molecule has 0 aliphatic rings. The van der Waals surface area contributed by atoms with Gasteiger partial charge in [-0.1, -0.05) is 0 Å². The average Bonchev–Trinajstić information content (AvgIpc) is 2.45. The summed E-state index contributed by atoms with van der Waals surface area (Å²) in [5, 5.41) is 16.7. The molecule has 0 bridgehead atoms. The molecule has 24 heavy (non-hydrogen) atoms. The van der Waals surface area contributed by atoms with Crippen LogP contribution in [0.4, 0.5) is 16.2 Å². The van der Waals surface area contributed by atoms with E-state index in [2.05, 4.69) is 10.6 Å². The summed E-state index contributed by atoms with van der Waals surface area (Å²) in [6.45, 7) is 8.62. The molecule has 8 nitrogen and oxygen atoms in total. The van der Waals surface area contributed by atoms with Gasteiger partial charge in [0.1, 0.15) is 11.4 Å². The number of nitro benzene ring substituents is 1. The molecule has 0 aromatic heterocycles. The number of anilines is 1. The minimum absolute atomic E-state index is 0.0321. The second kappa shape index (κ2) is 8.95. The van der Waals surface area contributed by atoms with Crippen LogP contribution >= 0.6 is 0 Å². The number of nitrogens with one attached hydrogen (secondary N) is 2. The van der Waals surface area contributed by atoms with Gasteiger partial charge >= 0.3 is 6.09 Å². The van der Waals surface area contributed by atoms with E-state index in [-0.39, 0.29) is 5.69 Å². The second-order valence-corrected chi connectivity index (χ2v) is 6.11. The molecule has 1 aromatic carbocycles. The fourth-order valence-electron chi connectivity index (χ4n) is 1.87. The number of non-ortho nitro benzene ring substituents is 1. The van der Waals surface area contributed by atoms with Gasteiger partial charge in [-0.15, -0.1) is 0 Å². The molecule has 0 aliphatic heterocycles. The monoisotopic (exact) mass is 339 g/mol. The summed E-state index contributed by atoms with van der Waals surface area (Å²) in [5.74, 6) is 0.445. The highest BCUT2D eigenvalue weighted by Crippen LogP contribution is 2.26. The van der Waals surface area contributed by atoms with Crippen LogP contribution in [-0.2, 0) is 4.74 Å². The summed E-state index contributed by atoms with van der Waals surface area (Å²) in [7, 11) is 0. The van der Waals surface area contributed by atoms with Gasteiger partial charge < -0.3 is 20.1 Å². The molecular formula is C16H25N3O5. The van der Waals surface area contributed by atoms with Crippen molar-refractivity contribution < 1.29 is 19.2 Å². The van der Waals surface area contributed by atoms with E-state index < -0.39 is 16.6 Å². The number of carbonyl (C=O) groups excluding carboxylic acids is 1. The SMILES string of the molecule is CCOc1cc(NCCCNC(=O)OC(C)(C)C)cc([N+](=O)[O-])c1. The van der Waals surface area contributed by atoms with Gasteiger partial charge in [-0.05, 0) is 34.1 Å². The number of benzene rings is 1. The van der Waals surface area contributed by atoms with Crippen molar-refractivity contribution in [2.24, 2.45) is 0 Å². The first-order chi connectivity index (χ1) is 11.2. The summed E-state index contributed by atoms with van der Waals surface area (Å²) in [5.41, 5.74) is 0.0429. The summed E-state index contributed by atoms with van der Waals surface area (Å²) in [4.78, 5) is 22.0. The lowest BCUT2D eigenvalue weighted by molar-refractivity contribution is -0.384. The Bertz CT molecular complexity index is 569. The number of ether oxygens (including phenoxy) is 2. The van der Waals surface area contributed by atoms with E-state index in [0.717, 1.165) is 0 Å². The third-order valence-corrected chi connectivity index (χ3v) is 2.76. The van der Waals surface area contributed by atoms with Crippen LogP contribution in [0.15, 0.2) is 18.2 Å². The minimum atomic E-state index is -0.527. The van der Waals surface area contributed by atoms with E-state index in [1.54, 1.807) is 26.8 Å². The van der Waals surface area contributed by atoms with Crippen LogP contribution < -0.4 is 15.4 Å². The lowest BCUT2D eigenvalue weighted by Gasteiger charge is -2.19. The van der Waals surface area contributed by atoms with Gasteiger partial charge in [0, 0.05) is 30.9 Å². The van der Waals surface area contributed by atoms with Gasteiger partial charge in [0.2, 0.25) is 0 Å². The van der Waals surface area contributed by atoms with Crippen molar-refractivity contribution >= 4 is 17.5 Å². The van der Waals surface area contributed by atoms with E-state index in [1.807, 2.05) is 6.92 Å². The number of carbonyl (C=O) groups is 1. The highest BCUT2D eigenvalue weighted by molar-refractivity contribution is 5.67. The third kappa shape index (κ3) is 7.66. The number of nitrogens with zero attached hydrogens (tertiary/aromatic N) is 1. The number of hydrogen-bond donors (Lipinski definition) is 2. The largest absolute Gasteiger partial charge is 0.494 e. The number of nitro groups is 1. The molecule has 0 unspecified atom stereocenters. The van der Waals surface area contributed by atoms with Gasteiger partial charge in [0.15, 0.2) is 0 Å². The first-order valence-electron chi connectivity index (χ1n) is 7.84. The van der Waals surface area contributed by atoms with Crippen molar-refractivity contribution in [3.63, 3.8) is 0 Å². The smallest absolute Gasteiger partial charge is 0.407 e. The lowest BCUT2D eigenvalue weighted by atomic mass is 10.2. The van der Waals surface area contributed by atoms with Crippen LogP contribution in [0.2, 0.25) is 0 Å². The summed E-state index contributed by atoms with van der Waals surface area (Å²) >= 11 is 0. The Labute approximate surface area is 141 Å². The second-order valence-electron chi connectivity index (χ2n) is 6.11. The Morgan fingerprint density at radius 2 is 1.96 bits per heavy atom. The quantitative estimate of drug-likeness (QED) is 0.428. The molecule has 0 saturated carbocycles. The third-order valence-electron chi connectivity index (χ3n) is 2.76. The fraction of sp³-hybridized carbons (Fsp3) is 0.562. The molecule has 0 radical (unpaired) electrons. The molecule has 1 amide bonds. The zero-order chi connectivity index (χ0) is 18.2. The normalized spacial score (nSPS) is 10.8. The molecule has 134 valence electrons. The lowest BCUT2D eigenvalue weighted by Crippen LogP contribution is -2.33. The van der Waals surface area contributed by atoms with Crippen LogP contribution in [0.3, 0.4) is 0 Å². The molecule has 0 atom stereocenters. The molecular weight excluding hydrogens is 314 g/mol. The van der Waals surface area contributed by atoms with Crippen molar-refractivity contribution in [3.8, 4) is 5.75 Å². The van der Waals surface area contributed by atoms with Crippen molar-refractivity contribution in [2.75, 3.05) is 25.0 Å². The molecule has 0 spiro atoms. The van der Waals surface area contributed by atoms with Crippen LogP contribution in [0.1, 0.15) is 34.1 Å². The maximum Gasteiger partial charge on any atom is 0.407 e. The standard InChI is InChI=1S/C16H25N3O5/c1-5-23-14-10-12(9-13(11-14)19(21)22)17-7-6-8-18-15(20)24-16(2,3)4/h9-11,17H,5-8H2,1-4H3,(H,18,20). The Morgan fingerprint density at radius 1 is 1.25 bits per heavy atom. The fourth-order valence-corrected chi connectivity index (χ4v) is 1.87. The van der Waals surface area contributed by atoms with E-state index in [0.29, 0.717) is 37.6 Å². The van der Waals surface area contributed by atoms with Crippen molar-refractivity contribution in [1.29, 1.82) is 0 Å². The molecule has 8 heteroatoms. The van der Waals surface area contributed by atoms with Gasteiger partial charge in [-0.25, -0.2) is 4.79 Å². The average molecular weight is 339 g/mol. The van der Waals surface area contributed by atoms with Crippen molar-refractivity contribution in [3.05, 3.63) is 28.3 Å². The van der Waals surface area contributed by atoms with Gasteiger partial charge in [-0.2, -0.15) is 0 Å². The Balaban J connectivity index is 2.44. The van der Waals surface area contributed by atoms with E-state index in [1.165, 1.54) is 12.1 Å². The summed E-state index contributed by atoms with van der Waals surface area (Å²) in [6, 6.07) is 4.54. The molecule has 0 heterocycles. The number of rotatable bonds is 8. The maximum absolute atomic E-state index is 11.5. The predicted octanol–water partition coefficient (Wildman–Crippen LogP) is 3.32. The summed E-state index contributed by atoms with van der Waals surface area (Å²) < 4.78 is 10.4. The maximum atomic E-state index is 11.5. The van der Waals surface area contributed by atoms with Crippen LogP contribution in [0.5, 0.6) is 5.75 Å². The van der Waals surface area contributed by atoms with Gasteiger partial charge in [-0.3, -0.25) is 10.1 Å². The van der Waals surface area contributed by atoms with Crippen LogP contribution in [-0.4, -0.2) is 36.3 Å². The minimum Gasteiger partial charge on any atom is -0.494 e. The Hall–Kier alpha value is -2.51. The van der Waals surface area contributed by atoms with E-state index >= 15 is 0 Å². The molecule has 0 fully saturated rings. The van der Waals surface area contributed by atoms with Crippen LogP contribution in [0.25, 0.3) is 0 Å². The zero-order valence-corrected chi connectivity index (χ0v) is 14.5. The molecule has 0 aliphatic carbocycles. The van der Waals surface area contributed by atoms with E-state index in [9.17, 15) is 14.9 Å². The predicted molar refractivity (Wildman–Crippen MR) is 91.6 cm³/mol. The highest BCUT2D eigenvalue weighted by Gasteiger charge is 2.15. The van der Waals surface area contributed by atoms with E-state index in [4.69, 9.17) is 9.47 Å². The zero-order valence-electron chi connectivity index (χ0n) is 14.5. The number of hydrogen-bond acceptors (Lipinski definition) is 6. The number of alkyl carbamates (subject to hydrolysis) is 1. The topological polar surface area (TPSA) is 103 Å². The van der Waals surface area contributed by atoms with Crippen molar-refractivity contribution in [2.45, 2.75) is 39.7 Å². The first kappa shape index (κ1) is 19.5. The molecule has 0 saturated heterocycles. The molecule has 1 aromatic rings. The molecule has 1 rings (SSSR count). The van der Waals surface area contributed by atoms with Gasteiger partial charge in [0.05, 0.1) is 17.6 Å². The van der Waals surface area contributed by atoms with Crippen LogP contribution in [0, 0.1) is 10.1 Å².